The van der Waals surface area contributed by atoms with Crippen molar-refractivity contribution in [1.29, 1.82) is 0 Å². The second-order valence-corrected chi connectivity index (χ2v) is 7.09. The summed E-state index contributed by atoms with van der Waals surface area (Å²) in [5.41, 5.74) is 1.19. The zero-order valence-corrected chi connectivity index (χ0v) is 15.0. The van der Waals surface area contributed by atoms with Crippen LogP contribution in [0.5, 0.6) is 0 Å². The molecule has 2 fully saturated rings. The van der Waals surface area contributed by atoms with Crippen LogP contribution in [0.4, 0.5) is 0 Å². The summed E-state index contributed by atoms with van der Waals surface area (Å²) < 4.78 is 7.80. The standard InChI is InChI=1S/C19H27N5O/c1-15-21-19(24(22-15)17-7-3-2-4-8-17)18(16-6-5-9-20-14-16)23-10-12-25-13-11-23/h5-6,9,14,17-18H,2-4,7-8,10-13H2,1H3/t18-/m0/s1. The quantitative estimate of drug-likeness (QED) is 0.856. The van der Waals surface area contributed by atoms with Gasteiger partial charge in [-0.05, 0) is 31.4 Å². The molecule has 6 heteroatoms. The molecule has 6 nitrogen and oxygen atoms in total. The fourth-order valence-corrected chi connectivity index (χ4v) is 4.12. The van der Waals surface area contributed by atoms with Crippen LogP contribution in [-0.4, -0.2) is 51.0 Å². The summed E-state index contributed by atoms with van der Waals surface area (Å²) in [5.74, 6) is 1.93. The Hall–Kier alpha value is -1.79. The molecule has 0 bridgehead atoms. The number of ether oxygens (including phenoxy) is 1. The Bertz CT molecular complexity index is 674. The maximum absolute atomic E-state index is 5.57. The third-order valence-electron chi connectivity index (χ3n) is 5.34. The first-order valence-corrected chi connectivity index (χ1v) is 9.47. The predicted octanol–water partition coefficient (Wildman–Crippen LogP) is 2.91. The van der Waals surface area contributed by atoms with Crippen molar-refractivity contribution in [2.75, 3.05) is 26.3 Å². The largest absolute Gasteiger partial charge is 0.379 e. The van der Waals surface area contributed by atoms with Crippen LogP contribution < -0.4 is 0 Å². The molecule has 0 N–H and O–H groups in total. The van der Waals surface area contributed by atoms with Gasteiger partial charge in [0.1, 0.15) is 11.6 Å². The number of morpholine rings is 1. The van der Waals surface area contributed by atoms with E-state index in [9.17, 15) is 0 Å². The van der Waals surface area contributed by atoms with Crippen molar-refractivity contribution in [3.63, 3.8) is 0 Å². The smallest absolute Gasteiger partial charge is 0.149 e. The van der Waals surface area contributed by atoms with Gasteiger partial charge in [-0.3, -0.25) is 9.88 Å². The van der Waals surface area contributed by atoms with Crippen molar-refractivity contribution in [1.82, 2.24) is 24.6 Å². The van der Waals surface area contributed by atoms with Crippen LogP contribution in [0.15, 0.2) is 24.5 Å². The van der Waals surface area contributed by atoms with E-state index >= 15 is 0 Å². The van der Waals surface area contributed by atoms with Gasteiger partial charge in [0.25, 0.3) is 0 Å². The number of aromatic nitrogens is 4. The monoisotopic (exact) mass is 341 g/mol. The predicted molar refractivity (Wildman–Crippen MR) is 95.4 cm³/mol. The van der Waals surface area contributed by atoms with Crippen LogP contribution in [0.2, 0.25) is 0 Å². The number of hydrogen-bond donors (Lipinski definition) is 0. The minimum absolute atomic E-state index is 0.0979. The molecule has 0 amide bonds. The SMILES string of the molecule is Cc1nc([C@H](c2cccnc2)N2CCOCC2)n(C2CCCCC2)n1. The summed E-state index contributed by atoms with van der Waals surface area (Å²) in [6.45, 7) is 5.37. The summed E-state index contributed by atoms with van der Waals surface area (Å²) in [6, 6.07) is 4.74. The molecule has 2 aliphatic rings. The van der Waals surface area contributed by atoms with Gasteiger partial charge in [-0.15, -0.1) is 0 Å². The van der Waals surface area contributed by atoms with Gasteiger partial charge in [0, 0.05) is 25.5 Å². The second-order valence-electron chi connectivity index (χ2n) is 7.09. The molecule has 1 aliphatic carbocycles. The van der Waals surface area contributed by atoms with Gasteiger partial charge in [0.05, 0.1) is 25.3 Å². The Kier molecular flexibility index (Phi) is 5.08. The van der Waals surface area contributed by atoms with Crippen LogP contribution in [0, 0.1) is 6.92 Å². The average Bonchev–Trinajstić information content (AvgIpc) is 3.06. The molecule has 2 aromatic rings. The normalized spacial score (nSPS) is 21.3. The van der Waals surface area contributed by atoms with E-state index in [1.807, 2.05) is 25.4 Å². The number of rotatable bonds is 4. The van der Waals surface area contributed by atoms with E-state index in [0.717, 1.165) is 38.0 Å². The first-order chi connectivity index (χ1) is 12.3. The van der Waals surface area contributed by atoms with Gasteiger partial charge in [-0.2, -0.15) is 5.10 Å². The van der Waals surface area contributed by atoms with Crippen molar-refractivity contribution >= 4 is 0 Å². The highest BCUT2D eigenvalue weighted by Gasteiger charge is 2.31. The second kappa shape index (κ2) is 7.62. The Morgan fingerprint density at radius 2 is 1.96 bits per heavy atom. The van der Waals surface area contributed by atoms with E-state index in [2.05, 4.69) is 20.6 Å². The maximum atomic E-state index is 5.57. The number of hydrogen-bond acceptors (Lipinski definition) is 5. The molecule has 0 spiro atoms. The lowest BCUT2D eigenvalue weighted by atomic mass is 9.95. The third-order valence-corrected chi connectivity index (χ3v) is 5.34. The van der Waals surface area contributed by atoms with Crippen molar-refractivity contribution < 1.29 is 4.74 Å². The summed E-state index contributed by atoms with van der Waals surface area (Å²) in [4.78, 5) is 11.7. The van der Waals surface area contributed by atoms with Gasteiger partial charge in [-0.1, -0.05) is 25.3 Å². The van der Waals surface area contributed by atoms with E-state index in [4.69, 9.17) is 14.8 Å². The van der Waals surface area contributed by atoms with Crippen molar-refractivity contribution in [3.05, 3.63) is 41.7 Å². The topological polar surface area (TPSA) is 56.1 Å². The average molecular weight is 341 g/mol. The molecule has 4 rings (SSSR count). The molecule has 0 aromatic carbocycles. The van der Waals surface area contributed by atoms with E-state index in [-0.39, 0.29) is 6.04 Å². The van der Waals surface area contributed by atoms with E-state index in [1.54, 1.807) is 0 Å². The number of pyridine rings is 1. The van der Waals surface area contributed by atoms with E-state index in [1.165, 1.54) is 37.7 Å². The first kappa shape index (κ1) is 16.7. The van der Waals surface area contributed by atoms with E-state index in [0.29, 0.717) is 6.04 Å². The maximum Gasteiger partial charge on any atom is 0.149 e. The highest BCUT2D eigenvalue weighted by atomic mass is 16.5. The lowest BCUT2D eigenvalue weighted by Gasteiger charge is -2.35. The Morgan fingerprint density at radius 3 is 2.68 bits per heavy atom. The number of aryl methyl sites for hydroxylation is 1. The Morgan fingerprint density at radius 1 is 1.16 bits per heavy atom. The van der Waals surface area contributed by atoms with Crippen LogP contribution >= 0.6 is 0 Å². The molecule has 1 aliphatic heterocycles. The van der Waals surface area contributed by atoms with Crippen LogP contribution in [0.1, 0.15) is 61.4 Å². The first-order valence-electron chi connectivity index (χ1n) is 9.47. The zero-order valence-electron chi connectivity index (χ0n) is 15.0. The van der Waals surface area contributed by atoms with Crippen LogP contribution in [0.25, 0.3) is 0 Å². The lowest BCUT2D eigenvalue weighted by Crippen LogP contribution is -2.41. The third kappa shape index (κ3) is 3.60. The lowest BCUT2D eigenvalue weighted by molar-refractivity contribution is 0.0211. The fraction of sp³-hybridized carbons (Fsp3) is 0.632. The van der Waals surface area contributed by atoms with Crippen molar-refractivity contribution in [3.8, 4) is 0 Å². The van der Waals surface area contributed by atoms with E-state index < -0.39 is 0 Å². The molecule has 2 aromatic heterocycles. The molecule has 1 saturated carbocycles. The van der Waals surface area contributed by atoms with Gasteiger partial charge in [-0.25, -0.2) is 9.67 Å². The Balaban J connectivity index is 1.74. The molecular formula is C19H27N5O. The highest BCUT2D eigenvalue weighted by molar-refractivity contribution is 5.23. The van der Waals surface area contributed by atoms with Gasteiger partial charge in [0.15, 0.2) is 0 Å². The summed E-state index contributed by atoms with van der Waals surface area (Å²) in [7, 11) is 0. The van der Waals surface area contributed by atoms with Crippen molar-refractivity contribution in [2.45, 2.75) is 51.1 Å². The molecule has 0 unspecified atom stereocenters. The minimum Gasteiger partial charge on any atom is -0.379 e. The van der Waals surface area contributed by atoms with Gasteiger partial charge >= 0.3 is 0 Å². The number of nitrogens with zero attached hydrogens (tertiary/aromatic N) is 5. The molecular weight excluding hydrogens is 314 g/mol. The van der Waals surface area contributed by atoms with Crippen molar-refractivity contribution in [2.24, 2.45) is 0 Å². The fourth-order valence-electron chi connectivity index (χ4n) is 4.12. The van der Waals surface area contributed by atoms with Crippen LogP contribution in [0.3, 0.4) is 0 Å². The summed E-state index contributed by atoms with van der Waals surface area (Å²) in [5, 5.41) is 4.80. The highest BCUT2D eigenvalue weighted by Crippen LogP contribution is 2.34. The molecule has 25 heavy (non-hydrogen) atoms. The molecule has 1 saturated heterocycles. The molecule has 1 atom stereocenters. The minimum atomic E-state index is 0.0979. The Labute approximate surface area is 149 Å². The zero-order chi connectivity index (χ0) is 17.1. The molecule has 134 valence electrons. The summed E-state index contributed by atoms with van der Waals surface area (Å²) >= 11 is 0. The van der Waals surface area contributed by atoms with Crippen LogP contribution in [-0.2, 0) is 4.74 Å². The van der Waals surface area contributed by atoms with Gasteiger partial charge < -0.3 is 4.74 Å². The van der Waals surface area contributed by atoms with Gasteiger partial charge in [0.2, 0.25) is 0 Å². The summed E-state index contributed by atoms with van der Waals surface area (Å²) in [6.07, 6.45) is 10.1. The molecule has 0 radical (unpaired) electrons. The molecule has 3 heterocycles.